The Balaban J connectivity index is 1.98. The van der Waals surface area contributed by atoms with Crippen molar-refractivity contribution in [3.63, 3.8) is 0 Å². The van der Waals surface area contributed by atoms with Crippen LogP contribution in [0.25, 0.3) is 0 Å². The Bertz CT molecular complexity index is 350. The summed E-state index contributed by atoms with van der Waals surface area (Å²) in [6.07, 6.45) is 20.8. The van der Waals surface area contributed by atoms with E-state index >= 15 is 0 Å². The van der Waals surface area contributed by atoms with Crippen LogP contribution in [-0.2, 0) is 4.74 Å². The molecule has 0 radical (unpaired) electrons. The molecular weight excluding hydrogens is 312 g/mol. The van der Waals surface area contributed by atoms with Crippen LogP contribution < -0.4 is 0 Å². The van der Waals surface area contributed by atoms with Gasteiger partial charge in [-0.2, -0.15) is 0 Å². The largest absolute Gasteiger partial charge is 0.390 e. The Hall–Kier alpha value is -0.560. The van der Waals surface area contributed by atoms with Crippen LogP contribution in [0.5, 0.6) is 0 Å². The fourth-order valence-corrected chi connectivity index (χ4v) is 3.70. The molecule has 0 spiro atoms. The van der Waals surface area contributed by atoms with Crippen molar-refractivity contribution in [2.45, 2.75) is 128 Å². The zero-order valence-electron chi connectivity index (χ0n) is 16.3. The first-order valence-corrected chi connectivity index (χ1v) is 10.6. The summed E-state index contributed by atoms with van der Waals surface area (Å²) in [4.78, 5) is 0. The third-order valence-corrected chi connectivity index (χ3v) is 5.38. The van der Waals surface area contributed by atoms with Gasteiger partial charge in [-0.25, -0.2) is 0 Å². The van der Waals surface area contributed by atoms with E-state index in [1.54, 1.807) is 0 Å². The molecule has 1 fully saturated rings. The quantitative estimate of drug-likeness (QED) is 0.323. The standard InChI is InChI=1S/C22H40O3/c1-3-5-7-8-9-10-11-12-13-14-16-20(24)22-18-17-21(25-22)19(23)15-6-4-2/h2,19-24H,3,5-18H2,1H3/t19-,20-,21-,22-/m1/s1. The van der Waals surface area contributed by atoms with E-state index in [1.165, 1.54) is 57.8 Å². The zero-order chi connectivity index (χ0) is 18.3. The fourth-order valence-electron chi connectivity index (χ4n) is 3.70. The summed E-state index contributed by atoms with van der Waals surface area (Å²) < 4.78 is 5.86. The normalized spacial score (nSPS) is 22.6. The maximum atomic E-state index is 10.3. The van der Waals surface area contributed by atoms with Crippen molar-refractivity contribution in [2.75, 3.05) is 0 Å². The van der Waals surface area contributed by atoms with E-state index in [0.29, 0.717) is 12.8 Å². The van der Waals surface area contributed by atoms with Gasteiger partial charge in [-0.1, -0.05) is 71.1 Å². The summed E-state index contributed by atoms with van der Waals surface area (Å²) in [5.41, 5.74) is 0. The number of rotatable bonds is 15. The second kappa shape index (κ2) is 14.6. The molecule has 1 saturated heterocycles. The lowest BCUT2D eigenvalue weighted by atomic mass is 10.0. The summed E-state index contributed by atoms with van der Waals surface area (Å²) in [6.45, 7) is 2.26. The van der Waals surface area contributed by atoms with E-state index in [2.05, 4.69) is 12.8 Å². The number of aliphatic hydroxyl groups excluding tert-OH is 2. The molecule has 0 aromatic heterocycles. The number of terminal acetylenes is 1. The van der Waals surface area contributed by atoms with E-state index < -0.39 is 6.10 Å². The molecule has 3 nitrogen and oxygen atoms in total. The highest BCUT2D eigenvalue weighted by molar-refractivity contribution is 4.88. The lowest BCUT2D eigenvalue weighted by Crippen LogP contribution is -2.31. The van der Waals surface area contributed by atoms with E-state index in [9.17, 15) is 10.2 Å². The lowest BCUT2D eigenvalue weighted by molar-refractivity contribution is -0.0778. The molecule has 0 unspecified atom stereocenters. The average molecular weight is 353 g/mol. The van der Waals surface area contributed by atoms with Crippen LogP contribution in [0.4, 0.5) is 0 Å². The van der Waals surface area contributed by atoms with Gasteiger partial charge in [0.15, 0.2) is 0 Å². The number of ether oxygens (including phenoxy) is 1. The van der Waals surface area contributed by atoms with Crippen LogP contribution >= 0.6 is 0 Å². The molecule has 1 rings (SSSR count). The van der Waals surface area contributed by atoms with Crippen LogP contribution in [0.3, 0.4) is 0 Å². The van der Waals surface area contributed by atoms with Gasteiger partial charge in [-0.05, 0) is 25.7 Å². The maximum absolute atomic E-state index is 10.3. The van der Waals surface area contributed by atoms with Gasteiger partial charge in [-0.15, -0.1) is 12.3 Å². The van der Waals surface area contributed by atoms with Crippen LogP contribution in [0.15, 0.2) is 0 Å². The highest BCUT2D eigenvalue weighted by Gasteiger charge is 2.33. The number of unbranched alkanes of at least 4 members (excludes halogenated alkanes) is 9. The maximum Gasteiger partial charge on any atom is 0.0840 e. The molecule has 0 amide bonds. The van der Waals surface area contributed by atoms with Gasteiger partial charge in [0.05, 0.1) is 24.4 Å². The lowest BCUT2D eigenvalue weighted by Gasteiger charge is -2.21. The minimum absolute atomic E-state index is 0.107. The van der Waals surface area contributed by atoms with Gasteiger partial charge in [0.1, 0.15) is 0 Å². The third-order valence-electron chi connectivity index (χ3n) is 5.38. The summed E-state index contributed by atoms with van der Waals surface area (Å²) >= 11 is 0. The highest BCUT2D eigenvalue weighted by atomic mass is 16.5. The Kier molecular flexibility index (Phi) is 13.1. The number of hydrogen-bond acceptors (Lipinski definition) is 3. The number of hydrogen-bond donors (Lipinski definition) is 2. The summed E-state index contributed by atoms with van der Waals surface area (Å²) in [5.74, 6) is 2.55. The van der Waals surface area contributed by atoms with Gasteiger partial charge < -0.3 is 14.9 Å². The SMILES string of the molecule is C#CCC[C@@H](O)[C@H]1CC[C@H]([C@H](O)CCCCCCCCCCCC)O1. The van der Waals surface area contributed by atoms with Gasteiger partial charge in [0, 0.05) is 6.42 Å². The Morgan fingerprint density at radius 2 is 1.32 bits per heavy atom. The van der Waals surface area contributed by atoms with Crippen molar-refractivity contribution in [2.24, 2.45) is 0 Å². The monoisotopic (exact) mass is 352 g/mol. The van der Waals surface area contributed by atoms with Crippen molar-refractivity contribution >= 4 is 0 Å². The predicted octanol–water partition coefficient (Wildman–Crippen LogP) is 4.98. The highest BCUT2D eigenvalue weighted by Crippen LogP contribution is 2.27. The third kappa shape index (κ3) is 10.2. The second-order valence-corrected chi connectivity index (χ2v) is 7.64. The molecule has 0 bridgehead atoms. The molecule has 3 heteroatoms. The molecule has 146 valence electrons. The van der Waals surface area contributed by atoms with Crippen LogP contribution in [0.1, 0.15) is 103 Å². The predicted molar refractivity (Wildman–Crippen MR) is 104 cm³/mol. The second-order valence-electron chi connectivity index (χ2n) is 7.64. The molecule has 1 aliphatic rings. The van der Waals surface area contributed by atoms with Gasteiger partial charge in [-0.3, -0.25) is 0 Å². The van der Waals surface area contributed by atoms with E-state index in [0.717, 1.165) is 25.7 Å². The van der Waals surface area contributed by atoms with E-state index in [-0.39, 0.29) is 18.3 Å². The Labute approximate surface area is 155 Å². The summed E-state index contributed by atoms with van der Waals surface area (Å²) in [6, 6.07) is 0. The van der Waals surface area contributed by atoms with Crippen molar-refractivity contribution in [3.8, 4) is 12.3 Å². The molecule has 0 saturated carbocycles. The van der Waals surface area contributed by atoms with Gasteiger partial charge in [0.2, 0.25) is 0 Å². The molecule has 0 aliphatic carbocycles. The molecule has 1 heterocycles. The van der Waals surface area contributed by atoms with Crippen molar-refractivity contribution in [1.29, 1.82) is 0 Å². The van der Waals surface area contributed by atoms with Crippen LogP contribution in [0, 0.1) is 12.3 Å². The smallest absolute Gasteiger partial charge is 0.0840 e. The Morgan fingerprint density at radius 1 is 0.840 bits per heavy atom. The first-order valence-electron chi connectivity index (χ1n) is 10.6. The minimum atomic E-state index is -0.495. The topological polar surface area (TPSA) is 49.7 Å². The first kappa shape index (κ1) is 22.5. The molecule has 1 aliphatic heterocycles. The van der Waals surface area contributed by atoms with Gasteiger partial charge >= 0.3 is 0 Å². The van der Waals surface area contributed by atoms with E-state index in [1.807, 2.05) is 0 Å². The summed E-state index contributed by atoms with van der Waals surface area (Å²) in [7, 11) is 0. The molecule has 4 atom stereocenters. The van der Waals surface area contributed by atoms with Crippen molar-refractivity contribution in [3.05, 3.63) is 0 Å². The minimum Gasteiger partial charge on any atom is -0.390 e. The molecule has 0 aromatic rings. The van der Waals surface area contributed by atoms with Crippen LogP contribution in [0.2, 0.25) is 0 Å². The van der Waals surface area contributed by atoms with Gasteiger partial charge in [0.25, 0.3) is 0 Å². The van der Waals surface area contributed by atoms with Crippen molar-refractivity contribution < 1.29 is 14.9 Å². The van der Waals surface area contributed by atoms with Crippen LogP contribution in [-0.4, -0.2) is 34.6 Å². The zero-order valence-corrected chi connectivity index (χ0v) is 16.3. The fraction of sp³-hybridized carbons (Fsp3) is 0.909. The molecule has 2 N–H and O–H groups in total. The Morgan fingerprint density at radius 3 is 1.84 bits per heavy atom. The number of aliphatic hydroxyl groups is 2. The van der Waals surface area contributed by atoms with Crippen molar-refractivity contribution in [1.82, 2.24) is 0 Å². The molecule has 25 heavy (non-hydrogen) atoms. The summed E-state index contributed by atoms with van der Waals surface area (Å²) in [5, 5.41) is 20.4. The first-order chi connectivity index (χ1) is 12.2. The average Bonchev–Trinajstić information content (AvgIpc) is 3.11. The molecular formula is C22H40O3. The van der Waals surface area contributed by atoms with E-state index in [4.69, 9.17) is 11.2 Å². The molecule has 0 aromatic carbocycles.